The number of amides is 3. The third-order valence-electron chi connectivity index (χ3n) is 4.58. The first kappa shape index (κ1) is 18.5. The van der Waals surface area contributed by atoms with E-state index in [0.29, 0.717) is 18.0 Å². The molecule has 1 saturated heterocycles. The standard InChI is InChI=1S/C21H18N4O4/c1-13-5-7-14(8-6-13)11-17-23-24-21(29-17)22-20(28)15-3-2-4-16(12-15)25-18(26)9-10-19(25)27/h2-8,12H,9-11H2,1H3,(H,22,24,28). The Balaban J connectivity index is 1.45. The lowest BCUT2D eigenvalue weighted by atomic mass is 10.1. The number of rotatable bonds is 5. The van der Waals surface area contributed by atoms with Crippen molar-refractivity contribution in [2.45, 2.75) is 26.2 Å². The maximum Gasteiger partial charge on any atom is 0.322 e. The lowest BCUT2D eigenvalue weighted by Gasteiger charge is -2.14. The smallest absolute Gasteiger partial charge is 0.322 e. The number of hydrogen-bond donors (Lipinski definition) is 1. The van der Waals surface area contributed by atoms with Crippen molar-refractivity contribution in [2.24, 2.45) is 0 Å². The summed E-state index contributed by atoms with van der Waals surface area (Å²) in [5.74, 6) is -0.641. The summed E-state index contributed by atoms with van der Waals surface area (Å²) in [5.41, 5.74) is 2.82. The fourth-order valence-corrected chi connectivity index (χ4v) is 3.08. The second-order valence-electron chi connectivity index (χ2n) is 6.79. The van der Waals surface area contributed by atoms with Gasteiger partial charge in [0.1, 0.15) is 0 Å². The summed E-state index contributed by atoms with van der Waals surface area (Å²) >= 11 is 0. The zero-order valence-electron chi connectivity index (χ0n) is 15.7. The molecule has 2 heterocycles. The van der Waals surface area contributed by atoms with Crippen LogP contribution in [0.15, 0.2) is 52.9 Å². The number of nitrogens with zero attached hydrogens (tertiary/aromatic N) is 3. The van der Waals surface area contributed by atoms with Crippen LogP contribution in [0.4, 0.5) is 11.7 Å². The molecule has 1 N–H and O–H groups in total. The van der Waals surface area contributed by atoms with Crippen LogP contribution in [0.1, 0.15) is 40.2 Å². The van der Waals surface area contributed by atoms with E-state index in [0.717, 1.165) is 16.0 Å². The summed E-state index contributed by atoms with van der Waals surface area (Å²) in [6, 6.07) is 14.2. The molecule has 0 aliphatic carbocycles. The Morgan fingerprint density at radius 2 is 1.79 bits per heavy atom. The van der Waals surface area contributed by atoms with Crippen LogP contribution in [0, 0.1) is 6.92 Å². The summed E-state index contributed by atoms with van der Waals surface area (Å²) in [7, 11) is 0. The number of nitrogens with one attached hydrogen (secondary N) is 1. The number of carbonyl (C=O) groups excluding carboxylic acids is 3. The van der Waals surface area contributed by atoms with Crippen molar-refractivity contribution in [3.63, 3.8) is 0 Å². The lowest BCUT2D eigenvalue weighted by Crippen LogP contribution is -2.28. The fourth-order valence-electron chi connectivity index (χ4n) is 3.08. The maximum absolute atomic E-state index is 12.5. The number of aromatic nitrogens is 2. The van der Waals surface area contributed by atoms with E-state index in [4.69, 9.17) is 4.42 Å². The second kappa shape index (κ2) is 7.67. The molecule has 29 heavy (non-hydrogen) atoms. The van der Waals surface area contributed by atoms with Crippen molar-refractivity contribution >= 4 is 29.4 Å². The largest absolute Gasteiger partial charge is 0.407 e. The van der Waals surface area contributed by atoms with Gasteiger partial charge in [0.2, 0.25) is 17.7 Å². The number of carbonyl (C=O) groups is 3. The van der Waals surface area contributed by atoms with E-state index in [1.807, 2.05) is 31.2 Å². The zero-order chi connectivity index (χ0) is 20.4. The minimum Gasteiger partial charge on any atom is -0.407 e. The van der Waals surface area contributed by atoms with Gasteiger partial charge in [-0.25, -0.2) is 0 Å². The molecule has 1 aliphatic heterocycles. The number of anilines is 2. The van der Waals surface area contributed by atoms with Crippen LogP contribution in [-0.2, 0) is 16.0 Å². The average molecular weight is 390 g/mol. The Kier molecular flexibility index (Phi) is 4.90. The summed E-state index contributed by atoms with van der Waals surface area (Å²) < 4.78 is 5.50. The predicted octanol–water partition coefficient (Wildman–Crippen LogP) is 2.87. The van der Waals surface area contributed by atoms with Crippen molar-refractivity contribution < 1.29 is 18.8 Å². The molecule has 0 bridgehead atoms. The van der Waals surface area contributed by atoms with Crippen molar-refractivity contribution in [1.29, 1.82) is 0 Å². The molecule has 2 aromatic carbocycles. The first-order valence-corrected chi connectivity index (χ1v) is 9.15. The van der Waals surface area contributed by atoms with Crippen LogP contribution in [0.2, 0.25) is 0 Å². The van der Waals surface area contributed by atoms with Gasteiger partial charge in [0.05, 0.1) is 12.1 Å². The summed E-state index contributed by atoms with van der Waals surface area (Å²) in [5, 5.41) is 10.4. The first-order valence-electron chi connectivity index (χ1n) is 9.15. The molecule has 8 heteroatoms. The van der Waals surface area contributed by atoms with Gasteiger partial charge in [-0.1, -0.05) is 41.0 Å². The molecule has 3 amide bonds. The minimum absolute atomic E-state index is 0.0177. The molecule has 1 aliphatic rings. The molecule has 146 valence electrons. The number of imide groups is 1. The third kappa shape index (κ3) is 4.06. The van der Waals surface area contributed by atoms with Gasteiger partial charge in [-0.15, -0.1) is 5.10 Å². The second-order valence-corrected chi connectivity index (χ2v) is 6.79. The van der Waals surface area contributed by atoms with E-state index in [2.05, 4.69) is 15.5 Å². The Bertz CT molecular complexity index is 1070. The highest BCUT2D eigenvalue weighted by molar-refractivity contribution is 6.20. The summed E-state index contributed by atoms with van der Waals surface area (Å²) in [4.78, 5) is 37.4. The van der Waals surface area contributed by atoms with Crippen LogP contribution in [0.5, 0.6) is 0 Å². The molecule has 4 rings (SSSR count). The van der Waals surface area contributed by atoms with E-state index < -0.39 is 5.91 Å². The molecule has 0 spiro atoms. The molecule has 3 aromatic rings. The van der Waals surface area contributed by atoms with Gasteiger partial charge in [0.25, 0.3) is 5.91 Å². The molecule has 8 nitrogen and oxygen atoms in total. The van der Waals surface area contributed by atoms with E-state index in [1.54, 1.807) is 18.2 Å². The van der Waals surface area contributed by atoms with Gasteiger partial charge >= 0.3 is 6.01 Å². The van der Waals surface area contributed by atoms with Crippen molar-refractivity contribution in [3.05, 3.63) is 71.1 Å². The maximum atomic E-state index is 12.5. The van der Waals surface area contributed by atoms with Crippen molar-refractivity contribution in [2.75, 3.05) is 10.2 Å². The van der Waals surface area contributed by atoms with E-state index in [9.17, 15) is 14.4 Å². The quantitative estimate of drug-likeness (QED) is 0.672. The molecule has 1 fully saturated rings. The van der Waals surface area contributed by atoms with Gasteiger partial charge < -0.3 is 4.42 Å². The zero-order valence-corrected chi connectivity index (χ0v) is 15.7. The van der Waals surface area contributed by atoms with Gasteiger partial charge in [0.15, 0.2) is 0 Å². The molecule has 0 saturated carbocycles. The highest BCUT2D eigenvalue weighted by atomic mass is 16.4. The van der Waals surface area contributed by atoms with Crippen LogP contribution < -0.4 is 10.2 Å². The van der Waals surface area contributed by atoms with Crippen LogP contribution in [0.3, 0.4) is 0 Å². The number of aryl methyl sites for hydroxylation is 1. The molecule has 0 atom stereocenters. The van der Waals surface area contributed by atoms with Gasteiger partial charge in [-0.05, 0) is 30.7 Å². The Morgan fingerprint density at radius 3 is 2.52 bits per heavy atom. The first-order chi connectivity index (χ1) is 14.0. The molecule has 0 radical (unpaired) electrons. The number of hydrogen-bond acceptors (Lipinski definition) is 6. The fraction of sp³-hybridized carbons (Fsp3) is 0.190. The van der Waals surface area contributed by atoms with E-state index in [1.165, 1.54) is 6.07 Å². The lowest BCUT2D eigenvalue weighted by molar-refractivity contribution is -0.121. The highest BCUT2D eigenvalue weighted by Crippen LogP contribution is 2.24. The van der Waals surface area contributed by atoms with E-state index in [-0.39, 0.29) is 36.2 Å². The van der Waals surface area contributed by atoms with E-state index >= 15 is 0 Å². The monoisotopic (exact) mass is 390 g/mol. The molecular formula is C21H18N4O4. The van der Waals surface area contributed by atoms with Gasteiger partial charge in [0, 0.05) is 18.4 Å². The van der Waals surface area contributed by atoms with Gasteiger partial charge in [-0.3, -0.25) is 24.6 Å². The SMILES string of the molecule is Cc1ccc(Cc2nnc(NC(=O)c3cccc(N4C(=O)CCC4=O)c3)o2)cc1. The van der Waals surface area contributed by atoms with Crippen molar-refractivity contribution in [1.82, 2.24) is 10.2 Å². The third-order valence-corrected chi connectivity index (χ3v) is 4.58. The Hall–Kier alpha value is -3.81. The van der Waals surface area contributed by atoms with Crippen LogP contribution in [0.25, 0.3) is 0 Å². The van der Waals surface area contributed by atoms with Gasteiger partial charge in [-0.2, -0.15) is 0 Å². The topological polar surface area (TPSA) is 105 Å². The Labute approximate surface area is 166 Å². The highest BCUT2D eigenvalue weighted by Gasteiger charge is 2.30. The van der Waals surface area contributed by atoms with Crippen LogP contribution >= 0.6 is 0 Å². The number of benzene rings is 2. The summed E-state index contributed by atoms with van der Waals surface area (Å²) in [6.07, 6.45) is 0.819. The molecule has 1 aromatic heterocycles. The minimum atomic E-state index is -0.475. The predicted molar refractivity (Wildman–Crippen MR) is 104 cm³/mol. The van der Waals surface area contributed by atoms with Crippen molar-refractivity contribution in [3.8, 4) is 0 Å². The Morgan fingerprint density at radius 1 is 1.07 bits per heavy atom. The van der Waals surface area contributed by atoms with Crippen LogP contribution in [-0.4, -0.2) is 27.9 Å². The normalized spacial score (nSPS) is 13.8. The molecular weight excluding hydrogens is 372 g/mol. The average Bonchev–Trinajstić information content (AvgIpc) is 3.29. The summed E-state index contributed by atoms with van der Waals surface area (Å²) in [6.45, 7) is 2.01. The molecule has 0 unspecified atom stereocenters.